The molecule has 1 aliphatic heterocycles. The van der Waals surface area contributed by atoms with Crippen LogP contribution in [0.4, 0.5) is 5.82 Å². The maximum Gasteiger partial charge on any atom is 0.332 e. The molecule has 11 heteroatoms. The molecule has 0 saturated heterocycles. The molecule has 0 fully saturated rings. The van der Waals surface area contributed by atoms with Gasteiger partial charge in [-0.15, -0.1) is 10.2 Å². The number of hydrogen-bond donors (Lipinski definition) is 0. The van der Waals surface area contributed by atoms with E-state index in [1.807, 2.05) is 31.2 Å². The maximum atomic E-state index is 13.0. The highest BCUT2D eigenvalue weighted by molar-refractivity contribution is 6.66. The van der Waals surface area contributed by atoms with Crippen molar-refractivity contribution >= 4 is 34.2 Å². The summed E-state index contributed by atoms with van der Waals surface area (Å²) in [6.07, 6.45) is 3.06. The molecule has 0 aliphatic carbocycles. The average Bonchev–Trinajstić information content (AvgIpc) is 3.38. The number of aryl methyl sites for hydroxylation is 1. The average molecular weight is 476 g/mol. The van der Waals surface area contributed by atoms with E-state index in [-0.39, 0.29) is 24.2 Å². The van der Waals surface area contributed by atoms with E-state index in [0.29, 0.717) is 53.3 Å². The van der Waals surface area contributed by atoms with Gasteiger partial charge in [0.2, 0.25) is 0 Å². The standard InChI is InChI=1S/C21H23Cl2N7O2/c1-2-3-9-28-19-16(13-17(23)24-19)20(31)29(21(28)32)10-4-11-30-26-18(25-27-30)12-14-5-7-15(22)8-6-14/h5-8H,2-4,9-13H2,1H3. The fraction of sp³-hybridized carbons (Fsp3) is 0.429. The number of unbranched alkanes of at least 4 members (excludes halogenated alkanes) is 1. The number of benzene rings is 1. The van der Waals surface area contributed by atoms with Crippen molar-refractivity contribution in [1.29, 1.82) is 0 Å². The number of halogens is 2. The molecule has 0 amide bonds. The number of fused-ring (bicyclic) bond motifs is 1. The highest BCUT2D eigenvalue weighted by atomic mass is 35.5. The molecule has 2 aromatic heterocycles. The van der Waals surface area contributed by atoms with Gasteiger partial charge in [0, 0.05) is 31.0 Å². The van der Waals surface area contributed by atoms with Crippen LogP contribution in [-0.4, -0.2) is 34.5 Å². The molecule has 9 nitrogen and oxygen atoms in total. The van der Waals surface area contributed by atoms with Crippen molar-refractivity contribution in [3.8, 4) is 0 Å². The summed E-state index contributed by atoms with van der Waals surface area (Å²) in [5.74, 6) is 0.996. The number of tetrazole rings is 1. The van der Waals surface area contributed by atoms with Gasteiger partial charge in [0.15, 0.2) is 5.82 Å². The molecule has 32 heavy (non-hydrogen) atoms. The van der Waals surface area contributed by atoms with Crippen LogP contribution < -0.4 is 11.2 Å². The molecule has 0 radical (unpaired) electrons. The van der Waals surface area contributed by atoms with Crippen LogP contribution in [0.2, 0.25) is 5.02 Å². The number of aliphatic imine (C=N–C) groups is 1. The third-order valence-electron chi connectivity index (χ3n) is 5.29. The first-order valence-corrected chi connectivity index (χ1v) is 11.3. The Morgan fingerprint density at radius 1 is 1.00 bits per heavy atom. The number of hydrogen-bond acceptors (Lipinski definition) is 6. The lowest BCUT2D eigenvalue weighted by atomic mass is 10.1. The third kappa shape index (κ3) is 4.83. The first-order valence-electron chi connectivity index (χ1n) is 10.6. The van der Waals surface area contributed by atoms with E-state index in [2.05, 4.69) is 20.4 Å². The molecular formula is C21H23Cl2N7O2. The van der Waals surface area contributed by atoms with Gasteiger partial charge in [-0.2, -0.15) is 4.80 Å². The van der Waals surface area contributed by atoms with Gasteiger partial charge in [-0.1, -0.05) is 48.7 Å². The molecule has 1 aromatic carbocycles. The van der Waals surface area contributed by atoms with E-state index < -0.39 is 0 Å². The van der Waals surface area contributed by atoms with Crippen molar-refractivity contribution in [2.24, 2.45) is 4.99 Å². The molecule has 1 aliphatic rings. The van der Waals surface area contributed by atoms with E-state index in [0.717, 1.165) is 18.4 Å². The Morgan fingerprint density at radius 2 is 1.75 bits per heavy atom. The first-order chi connectivity index (χ1) is 15.5. The predicted octanol–water partition coefficient (Wildman–Crippen LogP) is 2.96. The summed E-state index contributed by atoms with van der Waals surface area (Å²) in [5, 5.41) is 13.6. The topological polar surface area (TPSA) is 100.0 Å². The predicted molar refractivity (Wildman–Crippen MR) is 123 cm³/mol. The molecule has 3 aromatic rings. The van der Waals surface area contributed by atoms with Crippen molar-refractivity contribution in [2.75, 3.05) is 0 Å². The Morgan fingerprint density at radius 3 is 2.50 bits per heavy atom. The van der Waals surface area contributed by atoms with E-state index in [9.17, 15) is 9.59 Å². The van der Waals surface area contributed by atoms with Crippen LogP contribution >= 0.6 is 23.2 Å². The normalized spacial score (nSPS) is 12.8. The molecule has 0 spiro atoms. The molecule has 0 saturated carbocycles. The lowest BCUT2D eigenvalue weighted by molar-refractivity contribution is 0.448. The SMILES string of the molecule is CCCCn1c2c(c(=O)n(CCCn3nnc(Cc4ccc(Cl)cc4)n3)c1=O)CC(Cl)=N2. The number of rotatable bonds is 9. The van der Waals surface area contributed by atoms with E-state index in [1.54, 1.807) is 4.57 Å². The van der Waals surface area contributed by atoms with Crippen molar-refractivity contribution in [3.63, 3.8) is 0 Å². The molecule has 0 unspecified atom stereocenters. The smallest absolute Gasteiger partial charge is 0.278 e. The van der Waals surface area contributed by atoms with Crippen molar-refractivity contribution in [3.05, 3.63) is 67.1 Å². The second-order valence-electron chi connectivity index (χ2n) is 7.67. The Bertz CT molecular complexity index is 1260. The number of nitrogens with zero attached hydrogens (tertiary/aromatic N) is 7. The summed E-state index contributed by atoms with van der Waals surface area (Å²) in [6.45, 7) is 3.24. The molecule has 4 rings (SSSR count). The second-order valence-corrected chi connectivity index (χ2v) is 8.54. The van der Waals surface area contributed by atoms with Gasteiger partial charge in [0.25, 0.3) is 5.56 Å². The van der Waals surface area contributed by atoms with E-state index >= 15 is 0 Å². The summed E-state index contributed by atoms with van der Waals surface area (Å²) in [4.78, 5) is 31.6. The molecular weight excluding hydrogens is 453 g/mol. The van der Waals surface area contributed by atoms with E-state index in [1.165, 1.54) is 9.36 Å². The molecule has 0 bridgehead atoms. The highest BCUT2D eigenvalue weighted by Gasteiger charge is 2.24. The van der Waals surface area contributed by atoms with Gasteiger partial charge in [-0.05, 0) is 35.8 Å². The quantitative estimate of drug-likeness (QED) is 0.473. The van der Waals surface area contributed by atoms with Gasteiger partial charge in [0.05, 0.1) is 12.1 Å². The maximum absolute atomic E-state index is 13.0. The van der Waals surface area contributed by atoms with Crippen LogP contribution in [-0.2, 0) is 32.5 Å². The molecule has 0 N–H and O–H groups in total. The molecule has 168 valence electrons. The summed E-state index contributed by atoms with van der Waals surface area (Å²) in [5.41, 5.74) is 0.835. The van der Waals surface area contributed by atoms with Gasteiger partial charge in [-0.25, -0.2) is 9.79 Å². The first kappa shape index (κ1) is 22.4. The minimum absolute atomic E-state index is 0.253. The van der Waals surface area contributed by atoms with Crippen LogP contribution in [0, 0.1) is 0 Å². The molecule has 3 heterocycles. The fourth-order valence-electron chi connectivity index (χ4n) is 3.64. The zero-order valence-electron chi connectivity index (χ0n) is 17.7. The lowest BCUT2D eigenvalue weighted by Crippen LogP contribution is -2.41. The van der Waals surface area contributed by atoms with Crippen molar-refractivity contribution in [2.45, 2.75) is 58.7 Å². The van der Waals surface area contributed by atoms with Crippen molar-refractivity contribution in [1.82, 2.24) is 29.3 Å². The summed E-state index contributed by atoms with van der Waals surface area (Å²) in [7, 11) is 0. The van der Waals surface area contributed by atoms with Crippen LogP contribution in [0.1, 0.15) is 43.1 Å². The van der Waals surface area contributed by atoms with Crippen LogP contribution in [0.15, 0.2) is 38.8 Å². The van der Waals surface area contributed by atoms with Gasteiger partial charge in [-0.3, -0.25) is 13.9 Å². The minimum Gasteiger partial charge on any atom is -0.278 e. The van der Waals surface area contributed by atoms with Gasteiger partial charge >= 0.3 is 5.69 Å². The Balaban J connectivity index is 1.45. The van der Waals surface area contributed by atoms with Crippen LogP contribution in [0.5, 0.6) is 0 Å². The van der Waals surface area contributed by atoms with Crippen LogP contribution in [0.25, 0.3) is 0 Å². The zero-order valence-corrected chi connectivity index (χ0v) is 19.2. The largest absolute Gasteiger partial charge is 0.332 e. The van der Waals surface area contributed by atoms with Crippen LogP contribution in [0.3, 0.4) is 0 Å². The molecule has 0 atom stereocenters. The van der Waals surface area contributed by atoms with Gasteiger partial charge < -0.3 is 0 Å². The zero-order chi connectivity index (χ0) is 22.7. The van der Waals surface area contributed by atoms with Crippen molar-refractivity contribution < 1.29 is 0 Å². The van der Waals surface area contributed by atoms with Gasteiger partial charge in [0.1, 0.15) is 11.0 Å². The fourth-order valence-corrected chi connectivity index (χ4v) is 3.98. The highest BCUT2D eigenvalue weighted by Crippen LogP contribution is 2.24. The number of aromatic nitrogens is 6. The summed E-state index contributed by atoms with van der Waals surface area (Å²) in [6, 6.07) is 7.48. The third-order valence-corrected chi connectivity index (χ3v) is 5.76. The minimum atomic E-state index is -0.354. The monoisotopic (exact) mass is 475 g/mol. The Kier molecular flexibility index (Phi) is 6.86. The Hall–Kier alpha value is -2.78. The Labute approximate surface area is 194 Å². The lowest BCUT2D eigenvalue weighted by Gasteiger charge is -2.13. The second kappa shape index (κ2) is 9.79. The summed E-state index contributed by atoms with van der Waals surface area (Å²) >= 11 is 12.0. The van der Waals surface area contributed by atoms with E-state index in [4.69, 9.17) is 23.2 Å². The summed E-state index contributed by atoms with van der Waals surface area (Å²) < 4.78 is 2.83.